The average Bonchev–Trinajstić information content (AvgIpc) is 1.88. The maximum Gasteiger partial charge on any atom is 0.324 e. The second-order valence-corrected chi connectivity index (χ2v) is 1.46. The summed E-state index contributed by atoms with van der Waals surface area (Å²) in [5, 5.41) is 2.75. The van der Waals surface area contributed by atoms with E-state index in [1.807, 2.05) is 14.1 Å². The molecule has 0 saturated carbocycles. The Balaban J connectivity index is 0. The Kier molecular flexibility index (Phi) is 13.6. The summed E-state index contributed by atoms with van der Waals surface area (Å²) < 4.78 is 3.73. The van der Waals surface area contributed by atoms with Crippen LogP contribution in [0.25, 0.3) is 0 Å². The number of hydrogen-bond acceptors (Lipinski definition) is 3. The van der Waals surface area contributed by atoms with Crippen LogP contribution in [0.3, 0.4) is 0 Å². The molecule has 4 heteroatoms. The summed E-state index contributed by atoms with van der Waals surface area (Å²) in [7, 11) is 3.75. The minimum absolute atomic E-state index is 0.337. The summed E-state index contributed by atoms with van der Waals surface area (Å²) in [6.07, 6.45) is 0.337. The van der Waals surface area contributed by atoms with E-state index in [9.17, 15) is 4.79 Å². The number of halogens is 1. The first kappa shape index (κ1) is 11.5. The summed E-state index contributed by atoms with van der Waals surface area (Å²) in [6.45, 7) is 1.67. The number of carbonyl (C=O) groups excluding carboxylic acids is 1. The predicted molar refractivity (Wildman–Crippen MR) is 37.2 cm³/mol. The van der Waals surface area contributed by atoms with Crippen LogP contribution >= 0.6 is 11.9 Å². The van der Waals surface area contributed by atoms with Crippen molar-refractivity contribution in [3.8, 4) is 0 Å². The molecule has 0 radical (unpaired) electrons. The van der Waals surface area contributed by atoms with Crippen LogP contribution in [0.1, 0.15) is 13.3 Å². The van der Waals surface area contributed by atoms with E-state index in [4.69, 9.17) is 0 Å². The Morgan fingerprint density at radius 1 is 1.67 bits per heavy atom. The van der Waals surface area contributed by atoms with Gasteiger partial charge in [-0.05, 0) is 14.1 Å². The molecular weight excluding hydrogens is 142 g/mol. The molecule has 0 saturated heterocycles. The normalized spacial score (nSPS) is 7.11. The van der Waals surface area contributed by atoms with E-state index in [-0.39, 0.29) is 0 Å². The minimum Gasteiger partial charge on any atom is -0.348 e. The van der Waals surface area contributed by atoms with Gasteiger partial charge < -0.3 is 9.61 Å². The van der Waals surface area contributed by atoms with Gasteiger partial charge in [-0.2, -0.15) is 0 Å². The van der Waals surface area contributed by atoms with Gasteiger partial charge in [0.2, 0.25) is 0 Å². The van der Waals surface area contributed by atoms with Gasteiger partial charge in [0.25, 0.3) is 0 Å². The highest BCUT2D eigenvalue weighted by molar-refractivity contribution is 6.13. The van der Waals surface area contributed by atoms with Crippen molar-refractivity contribution in [2.24, 2.45) is 0 Å². The van der Waals surface area contributed by atoms with Gasteiger partial charge in [0.1, 0.15) is 11.9 Å². The van der Waals surface area contributed by atoms with E-state index in [0.29, 0.717) is 6.42 Å². The molecule has 0 aliphatic rings. The molecule has 9 heavy (non-hydrogen) atoms. The van der Waals surface area contributed by atoms with E-state index < -0.39 is 5.97 Å². The monoisotopic (exact) mass is 153 g/mol. The molecule has 0 atom stereocenters. The van der Waals surface area contributed by atoms with E-state index in [1.165, 1.54) is 0 Å². The smallest absolute Gasteiger partial charge is 0.324 e. The van der Waals surface area contributed by atoms with Crippen LogP contribution in [0.15, 0.2) is 0 Å². The van der Waals surface area contributed by atoms with E-state index in [2.05, 4.69) is 21.5 Å². The molecule has 1 N–H and O–H groups in total. The topological polar surface area (TPSA) is 38.3 Å². The fourth-order valence-corrected chi connectivity index (χ4v) is 0.164. The maximum absolute atomic E-state index is 9.83. The lowest BCUT2D eigenvalue weighted by atomic mass is 10.5. The van der Waals surface area contributed by atoms with Crippen molar-refractivity contribution < 1.29 is 9.08 Å². The Hall–Kier alpha value is -0.280. The molecule has 0 heterocycles. The molecule has 0 rings (SSSR count). The molecular formula is C5H12ClNO2. The molecule has 0 aliphatic heterocycles. The number of hydrogen-bond donors (Lipinski definition) is 1. The lowest BCUT2D eigenvalue weighted by Gasteiger charge is -1.81. The van der Waals surface area contributed by atoms with Crippen molar-refractivity contribution >= 4 is 17.8 Å². The van der Waals surface area contributed by atoms with Crippen LogP contribution in [0.4, 0.5) is 0 Å². The first-order valence-corrected chi connectivity index (χ1v) is 2.93. The van der Waals surface area contributed by atoms with Gasteiger partial charge in [-0.15, -0.1) is 0 Å². The van der Waals surface area contributed by atoms with Crippen LogP contribution in [-0.2, 0) is 9.08 Å². The van der Waals surface area contributed by atoms with Gasteiger partial charge in [-0.3, -0.25) is 4.79 Å². The van der Waals surface area contributed by atoms with E-state index in [1.54, 1.807) is 6.92 Å². The second-order valence-electron chi connectivity index (χ2n) is 1.30. The SMILES string of the molecule is CCC(=O)OCl.CNC. The van der Waals surface area contributed by atoms with Gasteiger partial charge >= 0.3 is 5.97 Å². The summed E-state index contributed by atoms with van der Waals surface area (Å²) in [5.41, 5.74) is 0. The minimum atomic E-state index is -0.392. The first-order valence-electron chi connectivity index (χ1n) is 2.62. The van der Waals surface area contributed by atoms with Crippen molar-refractivity contribution in [1.29, 1.82) is 0 Å². The third-order valence-electron chi connectivity index (χ3n) is 0.375. The average molecular weight is 154 g/mol. The van der Waals surface area contributed by atoms with Crippen molar-refractivity contribution in [2.45, 2.75) is 13.3 Å². The molecule has 0 aliphatic carbocycles. The number of nitrogens with one attached hydrogen (secondary N) is 1. The fourth-order valence-electron chi connectivity index (χ4n) is 0.0546. The Morgan fingerprint density at radius 3 is 2.00 bits per heavy atom. The highest BCUT2D eigenvalue weighted by atomic mass is 35.5. The highest BCUT2D eigenvalue weighted by Gasteiger charge is 1.90. The molecule has 0 unspecified atom stereocenters. The van der Waals surface area contributed by atoms with Gasteiger partial charge in [-0.1, -0.05) is 6.92 Å². The standard InChI is InChI=1S/C3H5ClO2.C2H7N/c1-2-3(5)6-4;1-3-2/h2H2,1H3;3H,1-2H3. The van der Waals surface area contributed by atoms with Crippen LogP contribution in [0.5, 0.6) is 0 Å². The summed E-state index contributed by atoms with van der Waals surface area (Å²) >= 11 is 4.60. The maximum atomic E-state index is 9.83. The number of rotatable bonds is 1. The van der Waals surface area contributed by atoms with Crippen molar-refractivity contribution in [3.63, 3.8) is 0 Å². The molecule has 0 aromatic heterocycles. The molecule has 3 nitrogen and oxygen atoms in total. The number of carbonyl (C=O) groups is 1. The van der Waals surface area contributed by atoms with Gasteiger partial charge in [-0.25, -0.2) is 0 Å². The zero-order valence-electron chi connectivity index (χ0n) is 5.90. The summed E-state index contributed by atoms with van der Waals surface area (Å²) in [5.74, 6) is -0.392. The van der Waals surface area contributed by atoms with Crippen molar-refractivity contribution in [1.82, 2.24) is 5.32 Å². The van der Waals surface area contributed by atoms with E-state index >= 15 is 0 Å². The first-order chi connectivity index (χ1) is 4.22. The Morgan fingerprint density at radius 2 is 2.00 bits per heavy atom. The van der Waals surface area contributed by atoms with Crippen LogP contribution < -0.4 is 5.32 Å². The highest BCUT2D eigenvalue weighted by Crippen LogP contribution is 1.84. The van der Waals surface area contributed by atoms with Gasteiger partial charge in [0.05, 0.1) is 0 Å². The molecule has 0 bridgehead atoms. The van der Waals surface area contributed by atoms with Crippen LogP contribution in [0, 0.1) is 0 Å². The molecule has 0 spiro atoms. The van der Waals surface area contributed by atoms with Gasteiger partial charge in [0, 0.05) is 6.42 Å². The van der Waals surface area contributed by atoms with Crippen LogP contribution in [0.2, 0.25) is 0 Å². The molecule has 56 valence electrons. The molecule has 0 aromatic carbocycles. The van der Waals surface area contributed by atoms with E-state index in [0.717, 1.165) is 0 Å². The zero-order chi connectivity index (χ0) is 7.70. The van der Waals surface area contributed by atoms with Crippen molar-refractivity contribution in [2.75, 3.05) is 14.1 Å². The molecule has 0 amide bonds. The largest absolute Gasteiger partial charge is 0.348 e. The Bertz CT molecular complexity index is 62.0. The molecule has 0 aromatic rings. The predicted octanol–water partition coefficient (Wildman–Crippen LogP) is 0.929. The fraction of sp³-hybridized carbons (Fsp3) is 0.800. The third-order valence-corrected chi connectivity index (χ3v) is 0.547. The quantitative estimate of drug-likeness (QED) is 0.609. The van der Waals surface area contributed by atoms with Gasteiger partial charge in [0.15, 0.2) is 0 Å². The summed E-state index contributed by atoms with van der Waals surface area (Å²) in [6, 6.07) is 0. The lowest BCUT2D eigenvalue weighted by molar-refractivity contribution is -0.133. The van der Waals surface area contributed by atoms with Crippen LogP contribution in [-0.4, -0.2) is 20.1 Å². The Labute approximate surface area is 60.5 Å². The lowest BCUT2D eigenvalue weighted by Crippen LogP contribution is -1.90. The second kappa shape index (κ2) is 10.7. The summed E-state index contributed by atoms with van der Waals surface area (Å²) in [4.78, 5) is 9.83. The zero-order valence-corrected chi connectivity index (χ0v) is 6.66. The molecule has 0 fully saturated rings. The third kappa shape index (κ3) is 18.3. The van der Waals surface area contributed by atoms with Crippen molar-refractivity contribution in [3.05, 3.63) is 0 Å².